The van der Waals surface area contributed by atoms with Crippen molar-refractivity contribution in [1.82, 2.24) is 23.9 Å². The number of rotatable bonds is 2. The van der Waals surface area contributed by atoms with E-state index in [1.807, 2.05) is 4.90 Å². The topological polar surface area (TPSA) is 78.4 Å². The molecule has 2 aliphatic rings. The Kier molecular flexibility index (Phi) is 3.93. The van der Waals surface area contributed by atoms with E-state index in [-0.39, 0.29) is 17.9 Å². The minimum Gasteiger partial charge on any atom is -0.336 e. The molecular formula is C12H17N5O2S. The Hall–Kier alpha value is -1.54. The average molecular weight is 295 g/mol. The van der Waals surface area contributed by atoms with Gasteiger partial charge in [-0.2, -0.15) is 8.75 Å². The van der Waals surface area contributed by atoms with E-state index < -0.39 is 0 Å². The minimum atomic E-state index is -0.0777. The molecule has 0 spiro atoms. The minimum absolute atomic E-state index is 0.0777. The molecule has 1 N–H and O–H groups in total. The van der Waals surface area contributed by atoms with Gasteiger partial charge in [-0.15, -0.1) is 0 Å². The van der Waals surface area contributed by atoms with Crippen LogP contribution in [-0.2, 0) is 4.79 Å². The summed E-state index contributed by atoms with van der Waals surface area (Å²) in [6.07, 6.45) is 3.39. The number of likely N-dealkylation sites (tertiary alicyclic amines) is 1. The molecular weight excluding hydrogens is 278 g/mol. The van der Waals surface area contributed by atoms with Crippen molar-refractivity contribution in [2.45, 2.75) is 18.9 Å². The van der Waals surface area contributed by atoms with E-state index in [0.29, 0.717) is 18.8 Å². The number of hydrogen-bond donors (Lipinski definition) is 1. The van der Waals surface area contributed by atoms with Crippen LogP contribution in [-0.4, -0.2) is 69.1 Å². The van der Waals surface area contributed by atoms with E-state index >= 15 is 0 Å². The standard InChI is InChI=1S/C12H17N5O2S/c18-11-7-13-3-5-17(11)9-2-1-4-16(8-9)12(19)10-6-14-20-15-10/h6,9,13H,1-5,7-8H2. The molecule has 1 atom stereocenters. The van der Waals surface area contributed by atoms with Crippen LogP contribution in [0.4, 0.5) is 0 Å². The van der Waals surface area contributed by atoms with Gasteiger partial charge >= 0.3 is 0 Å². The van der Waals surface area contributed by atoms with Gasteiger partial charge in [0.2, 0.25) is 5.91 Å². The Labute approximate surface area is 121 Å². The van der Waals surface area contributed by atoms with Gasteiger partial charge in [0.1, 0.15) is 0 Å². The first-order chi connectivity index (χ1) is 9.75. The maximum Gasteiger partial charge on any atom is 0.275 e. The number of nitrogens with one attached hydrogen (secondary N) is 1. The van der Waals surface area contributed by atoms with Crippen molar-refractivity contribution in [2.75, 3.05) is 32.7 Å². The Bertz CT molecular complexity index is 492. The molecule has 7 nitrogen and oxygen atoms in total. The maximum absolute atomic E-state index is 12.3. The number of piperazine rings is 1. The molecule has 2 amide bonds. The van der Waals surface area contributed by atoms with Gasteiger partial charge < -0.3 is 15.1 Å². The molecule has 108 valence electrons. The summed E-state index contributed by atoms with van der Waals surface area (Å²) in [5, 5.41) is 3.07. The van der Waals surface area contributed by atoms with E-state index in [9.17, 15) is 9.59 Å². The molecule has 2 fully saturated rings. The molecule has 8 heteroatoms. The van der Waals surface area contributed by atoms with Gasteiger partial charge in [-0.1, -0.05) is 0 Å². The van der Waals surface area contributed by atoms with Crippen LogP contribution in [0.25, 0.3) is 0 Å². The first kappa shape index (κ1) is 13.4. The van der Waals surface area contributed by atoms with Crippen molar-refractivity contribution in [1.29, 1.82) is 0 Å². The van der Waals surface area contributed by atoms with Gasteiger partial charge in [-0.3, -0.25) is 9.59 Å². The summed E-state index contributed by atoms with van der Waals surface area (Å²) in [5.74, 6) is 0.0527. The van der Waals surface area contributed by atoms with Crippen LogP contribution in [0.2, 0.25) is 0 Å². The summed E-state index contributed by atoms with van der Waals surface area (Å²) < 4.78 is 7.86. The molecule has 3 heterocycles. The SMILES string of the molecule is O=C(c1cnsn1)N1CCCC(N2CCNCC2=O)C1. The van der Waals surface area contributed by atoms with Gasteiger partial charge in [0.25, 0.3) is 5.91 Å². The Morgan fingerprint density at radius 1 is 1.45 bits per heavy atom. The second-order valence-corrected chi connectivity index (χ2v) is 5.66. The lowest BCUT2D eigenvalue weighted by atomic mass is 10.0. The number of piperidine rings is 1. The third kappa shape index (κ3) is 2.66. The van der Waals surface area contributed by atoms with Gasteiger partial charge in [0, 0.05) is 32.2 Å². The first-order valence-electron chi connectivity index (χ1n) is 6.83. The van der Waals surface area contributed by atoms with Crippen LogP contribution in [0.3, 0.4) is 0 Å². The molecule has 3 rings (SSSR count). The Morgan fingerprint density at radius 2 is 2.35 bits per heavy atom. The Morgan fingerprint density at radius 3 is 3.10 bits per heavy atom. The van der Waals surface area contributed by atoms with Crippen LogP contribution in [0, 0.1) is 0 Å². The third-order valence-electron chi connectivity index (χ3n) is 3.83. The lowest BCUT2D eigenvalue weighted by Gasteiger charge is -2.40. The maximum atomic E-state index is 12.3. The van der Waals surface area contributed by atoms with Gasteiger partial charge in [-0.25, -0.2) is 0 Å². The van der Waals surface area contributed by atoms with Crippen molar-refractivity contribution in [3.63, 3.8) is 0 Å². The molecule has 0 aromatic carbocycles. The van der Waals surface area contributed by atoms with Crippen molar-refractivity contribution >= 4 is 23.5 Å². The zero-order valence-electron chi connectivity index (χ0n) is 11.1. The normalized spacial score (nSPS) is 24.0. The number of amides is 2. The molecule has 1 aromatic heterocycles. The van der Waals surface area contributed by atoms with Crippen LogP contribution < -0.4 is 5.32 Å². The highest BCUT2D eigenvalue weighted by Gasteiger charge is 2.32. The lowest BCUT2D eigenvalue weighted by Crippen LogP contribution is -2.57. The van der Waals surface area contributed by atoms with Crippen LogP contribution in [0.1, 0.15) is 23.3 Å². The largest absolute Gasteiger partial charge is 0.336 e. The molecule has 2 saturated heterocycles. The average Bonchev–Trinajstić information content (AvgIpc) is 3.01. The fourth-order valence-electron chi connectivity index (χ4n) is 2.82. The highest BCUT2D eigenvalue weighted by Crippen LogP contribution is 2.18. The summed E-state index contributed by atoms with van der Waals surface area (Å²) in [6.45, 7) is 3.28. The molecule has 0 radical (unpaired) electrons. The molecule has 0 bridgehead atoms. The van der Waals surface area contributed by atoms with E-state index in [1.54, 1.807) is 4.90 Å². The van der Waals surface area contributed by atoms with E-state index in [2.05, 4.69) is 14.1 Å². The number of nitrogens with zero attached hydrogens (tertiary/aromatic N) is 4. The van der Waals surface area contributed by atoms with Crippen LogP contribution in [0.5, 0.6) is 0 Å². The summed E-state index contributed by atoms with van der Waals surface area (Å²) in [6, 6.07) is 0.133. The van der Waals surface area contributed by atoms with Gasteiger partial charge in [0.05, 0.1) is 24.5 Å². The van der Waals surface area contributed by atoms with Crippen molar-refractivity contribution in [3.05, 3.63) is 11.9 Å². The molecule has 1 unspecified atom stereocenters. The van der Waals surface area contributed by atoms with Gasteiger partial charge in [-0.05, 0) is 12.8 Å². The number of aromatic nitrogens is 2. The summed E-state index contributed by atoms with van der Waals surface area (Å²) in [4.78, 5) is 27.9. The van der Waals surface area contributed by atoms with E-state index in [1.165, 1.54) is 6.20 Å². The zero-order valence-corrected chi connectivity index (χ0v) is 11.9. The predicted molar refractivity (Wildman–Crippen MR) is 73.4 cm³/mol. The predicted octanol–water partition coefficient (Wildman–Crippen LogP) is -0.425. The first-order valence-corrected chi connectivity index (χ1v) is 7.56. The quantitative estimate of drug-likeness (QED) is 0.801. The monoisotopic (exact) mass is 295 g/mol. The van der Waals surface area contributed by atoms with E-state index in [0.717, 1.165) is 44.2 Å². The third-order valence-corrected chi connectivity index (χ3v) is 4.31. The highest BCUT2D eigenvalue weighted by atomic mass is 32.1. The van der Waals surface area contributed by atoms with Crippen LogP contribution >= 0.6 is 11.7 Å². The van der Waals surface area contributed by atoms with Crippen molar-refractivity contribution < 1.29 is 9.59 Å². The fourth-order valence-corrected chi connectivity index (χ4v) is 3.23. The van der Waals surface area contributed by atoms with Crippen molar-refractivity contribution in [2.24, 2.45) is 0 Å². The molecule has 2 aliphatic heterocycles. The lowest BCUT2D eigenvalue weighted by molar-refractivity contribution is -0.135. The molecule has 20 heavy (non-hydrogen) atoms. The molecule has 0 saturated carbocycles. The van der Waals surface area contributed by atoms with Crippen LogP contribution in [0.15, 0.2) is 6.20 Å². The summed E-state index contributed by atoms with van der Waals surface area (Å²) in [7, 11) is 0. The number of carbonyl (C=O) groups excluding carboxylic acids is 2. The second kappa shape index (κ2) is 5.84. The fraction of sp³-hybridized carbons (Fsp3) is 0.667. The van der Waals surface area contributed by atoms with E-state index in [4.69, 9.17) is 0 Å². The highest BCUT2D eigenvalue weighted by molar-refractivity contribution is 6.99. The summed E-state index contributed by atoms with van der Waals surface area (Å²) >= 11 is 1.04. The second-order valence-electron chi connectivity index (χ2n) is 5.10. The number of hydrogen-bond acceptors (Lipinski definition) is 6. The Balaban J connectivity index is 1.67. The summed E-state index contributed by atoms with van der Waals surface area (Å²) in [5.41, 5.74) is 0.405. The molecule has 0 aliphatic carbocycles. The smallest absolute Gasteiger partial charge is 0.275 e. The molecule has 1 aromatic rings. The van der Waals surface area contributed by atoms with Gasteiger partial charge in [0.15, 0.2) is 5.69 Å². The van der Waals surface area contributed by atoms with Crippen molar-refractivity contribution in [3.8, 4) is 0 Å². The number of carbonyl (C=O) groups is 2. The zero-order chi connectivity index (χ0) is 13.9.